The summed E-state index contributed by atoms with van der Waals surface area (Å²) in [5, 5.41) is 17.7. The molecule has 1 saturated heterocycles. The maximum Gasteiger partial charge on any atom is 0.319 e. The summed E-state index contributed by atoms with van der Waals surface area (Å²) in [5.74, 6) is -0.669. The summed E-state index contributed by atoms with van der Waals surface area (Å²) in [4.78, 5) is 24.4. The topological polar surface area (TPSA) is 99.7 Å². The number of halogens is 1. The van der Waals surface area contributed by atoms with Gasteiger partial charge < -0.3 is 25.8 Å². The highest BCUT2D eigenvalue weighted by Gasteiger charge is 2.33. The van der Waals surface area contributed by atoms with Gasteiger partial charge in [0.25, 0.3) is 0 Å². The van der Waals surface area contributed by atoms with Crippen molar-refractivity contribution in [2.45, 2.75) is 44.1 Å². The van der Waals surface area contributed by atoms with E-state index < -0.39 is 24.0 Å². The zero-order valence-corrected chi connectivity index (χ0v) is 16.5. The van der Waals surface area contributed by atoms with Crippen LogP contribution in [0.25, 0.3) is 0 Å². The fourth-order valence-corrected chi connectivity index (χ4v) is 3.41. The van der Waals surface area contributed by atoms with Crippen molar-refractivity contribution in [3.8, 4) is 0 Å². The number of anilines is 1. The fourth-order valence-electron chi connectivity index (χ4n) is 3.41. The van der Waals surface area contributed by atoms with Crippen LogP contribution in [0.1, 0.15) is 24.8 Å². The standard InChI is InChI=1S/C22H26FN3O4/c23-17-8-4-5-9-18(17)25-22(29)26-19-11-10-16(30-20(19)14-27)12-21(28)24-13-15-6-2-1-3-7-15/h1-9,16,19-20,27H,10-14H2,(H,24,28)(H2,25,26,29)/t16-,19+,20-/m1/s1. The van der Waals surface area contributed by atoms with Crippen LogP contribution in [0.15, 0.2) is 54.6 Å². The Balaban J connectivity index is 1.45. The first-order valence-corrected chi connectivity index (χ1v) is 9.94. The Morgan fingerprint density at radius 2 is 1.80 bits per heavy atom. The Labute approximate surface area is 174 Å². The number of nitrogens with one attached hydrogen (secondary N) is 3. The number of hydrogen-bond donors (Lipinski definition) is 4. The number of rotatable bonds is 7. The maximum atomic E-state index is 13.7. The molecule has 0 radical (unpaired) electrons. The predicted octanol–water partition coefficient (Wildman–Crippen LogP) is 2.56. The van der Waals surface area contributed by atoms with Crippen molar-refractivity contribution in [2.24, 2.45) is 0 Å². The molecule has 30 heavy (non-hydrogen) atoms. The molecule has 3 rings (SSSR count). The van der Waals surface area contributed by atoms with Gasteiger partial charge in [0.05, 0.1) is 30.9 Å². The molecule has 7 nitrogen and oxygen atoms in total. The highest BCUT2D eigenvalue weighted by Crippen LogP contribution is 2.22. The molecule has 0 bridgehead atoms. The smallest absolute Gasteiger partial charge is 0.319 e. The second kappa shape index (κ2) is 10.7. The number of para-hydroxylation sites is 1. The van der Waals surface area contributed by atoms with Crippen molar-refractivity contribution < 1.29 is 23.8 Å². The predicted molar refractivity (Wildman–Crippen MR) is 110 cm³/mol. The number of benzene rings is 2. The van der Waals surface area contributed by atoms with E-state index in [0.29, 0.717) is 19.4 Å². The van der Waals surface area contributed by atoms with E-state index in [4.69, 9.17) is 4.74 Å². The molecule has 2 aromatic carbocycles. The minimum absolute atomic E-state index is 0.0697. The minimum Gasteiger partial charge on any atom is -0.394 e. The van der Waals surface area contributed by atoms with Gasteiger partial charge in [-0.15, -0.1) is 0 Å². The van der Waals surface area contributed by atoms with E-state index in [9.17, 15) is 19.1 Å². The number of carbonyl (C=O) groups excluding carboxylic acids is 2. The lowest BCUT2D eigenvalue weighted by molar-refractivity contribution is -0.130. The van der Waals surface area contributed by atoms with E-state index in [-0.39, 0.29) is 30.7 Å². The lowest BCUT2D eigenvalue weighted by Crippen LogP contribution is -2.52. The van der Waals surface area contributed by atoms with Gasteiger partial charge in [0.2, 0.25) is 5.91 Å². The maximum absolute atomic E-state index is 13.7. The van der Waals surface area contributed by atoms with Crippen LogP contribution in [0.5, 0.6) is 0 Å². The normalized spacial score (nSPS) is 20.9. The first kappa shape index (κ1) is 21.7. The third-order valence-corrected chi connectivity index (χ3v) is 4.98. The zero-order chi connectivity index (χ0) is 21.3. The molecule has 3 amide bonds. The van der Waals surface area contributed by atoms with Crippen LogP contribution in [0.3, 0.4) is 0 Å². The molecule has 0 aliphatic carbocycles. The van der Waals surface area contributed by atoms with Gasteiger partial charge in [-0.05, 0) is 30.5 Å². The summed E-state index contributed by atoms with van der Waals surface area (Å²) in [6.07, 6.45) is 0.284. The third-order valence-electron chi connectivity index (χ3n) is 4.98. The average Bonchev–Trinajstić information content (AvgIpc) is 2.75. The first-order chi connectivity index (χ1) is 14.5. The Hall–Kier alpha value is -2.97. The van der Waals surface area contributed by atoms with E-state index in [0.717, 1.165) is 5.56 Å². The molecule has 0 spiro atoms. The quantitative estimate of drug-likeness (QED) is 0.558. The molecule has 1 fully saturated rings. The van der Waals surface area contributed by atoms with Crippen LogP contribution in [0, 0.1) is 5.82 Å². The van der Waals surface area contributed by atoms with E-state index in [2.05, 4.69) is 16.0 Å². The number of urea groups is 1. The second-order valence-corrected chi connectivity index (χ2v) is 7.21. The Kier molecular flexibility index (Phi) is 7.75. The van der Waals surface area contributed by atoms with Gasteiger partial charge in [-0.3, -0.25) is 4.79 Å². The summed E-state index contributed by atoms with van der Waals surface area (Å²) >= 11 is 0. The summed E-state index contributed by atoms with van der Waals surface area (Å²) in [5.41, 5.74) is 1.08. The van der Waals surface area contributed by atoms with Gasteiger partial charge >= 0.3 is 6.03 Å². The number of amides is 3. The molecule has 8 heteroatoms. The molecular weight excluding hydrogens is 389 g/mol. The Morgan fingerprint density at radius 3 is 2.53 bits per heavy atom. The van der Waals surface area contributed by atoms with Crippen molar-refractivity contribution in [1.82, 2.24) is 10.6 Å². The van der Waals surface area contributed by atoms with Crippen LogP contribution in [0.2, 0.25) is 0 Å². The SMILES string of the molecule is O=C(C[C@H]1CC[C@H](NC(=O)Nc2ccccc2F)[C@@H](CO)O1)NCc1ccccc1. The Morgan fingerprint density at radius 1 is 1.07 bits per heavy atom. The lowest BCUT2D eigenvalue weighted by atomic mass is 9.97. The minimum atomic E-state index is -0.642. The molecule has 2 aromatic rings. The molecule has 160 valence electrons. The monoisotopic (exact) mass is 415 g/mol. The zero-order valence-electron chi connectivity index (χ0n) is 16.5. The van der Waals surface area contributed by atoms with Crippen molar-refractivity contribution in [3.05, 3.63) is 66.0 Å². The molecule has 1 aliphatic rings. The van der Waals surface area contributed by atoms with Crippen LogP contribution in [0.4, 0.5) is 14.9 Å². The fraction of sp³-hybridized carbons (Fsp3) is 0.364. The van der Waals surface area contributed by atoms with E-state index in [1.807, 2.05) is 30.3 Å². The number of aliphatic hydroxyl groups excluding tert-OH is 1. The van der Waals surface area contributed by atoms with E-state index >= 15 is 0 Å². The first-order valence-electron chi connectivity index (χ1n) is 9.94. The summed E-state index contributed by atoms with van der Waals surface area (Å²) in [7, 11) is 0. The summed E-state index contributed by atoms with van der Waals surface area (Å²) in [6, 6.07) is 14.4. The van der Waals surface area contributed by atoms with Crippen LogP contribution < -0.4 is 16.0 Å². The molecule has 0 unspecified atom stereocenters. The van der Waals surface area contributed by atoms with Crippen LogP contribution >= 0.6 is 0 Å². The van der Waals surface area contributed by atoms with Gasteiger partial charge in [0.1, 0.15) is 11.9 Å². The van der Waals surface area contributed by atoms with Gasteiger partial charge in [0, 0.05) is 6.54 Å². The van der Waals surface area contributed by atoms with Gasteiger partial charge in [-0.2, -0.15) is 0 Å². The average molecular weight is 415 g/mol. The Bertz CT molecular complexity index is 849. The van der Waals surface area contributed by atoms with Crippen molar-refractivity contribution in [1.29, 1.82) is 0 Å². The summed E-state index contributed by atoms with van der Waals surface area (Å²) < 4.78 is 19.5. The van der Waals surface area contributed by atoms with Crippen LogP contribution in [-0.2, 0) is 16.1 Å². The second-order valence-electron chi connectivity index (χ2n) is 7.21. The number of aliphatic hydroxyl groups is 1. The molecule has 0 saturated carbocycles. The van der Waals surface area contributed by atoms with Crippen molar-refractivity contribution in [3.63, 3.8) is 0 Å². The largest absolute Gasteiger partial charge is 0.394 e. The van der Waals surface area contributed by atoms with E-state index in [1.54, 1.807) is 6.07 Å². The molecule has 1 aliphatic heterocycles. The highest BCUT2D eigenvalue weighted by molar-refractivity contribution is 5.89. The molecule has 3 atom stereocenters. The highest BCUT2D eigenvalue weighted by atomic mass is 19.1. The molecule has 0 aromatic heterocycles. The van der Waals surface area contributed by atoms with Gasteiger partial charge in [0.15, 0.2) is 0 Å². The van der Waals surface area contributed by atoms with Crippen molar-refractivity contribution in [2.75, 3.05) is 11.9 Å². The number of carbonyl (C=O) groups is 2. The molecular formula is C22H26FN3O4. The molecule has 4 N–H and O–H groups in total. The van der Waals surface area contributed by atoms with E-state index in [1.165, 1.54) is 18.2 Å². The summed E-state index contributed by atoms with van der Waals surface area (Å²) in [6.45, 7) is 0.142. The third kappa shape index (κ3) is 6.27. The van der Waals surface area contributed by atoms with Gasteiger partial charge in [-0.25, -0.2) is 9.18 Å². The van der Waals surface area contributed by atoms with Crippen LogP contribution in [-0.4, -0.2) is 41.9 Å². The van der Waals surface area contributed by atoms with Gasteiger partial charge in [-0.1, -0.05) is 42.5 Å². The number of hydrogen-bond acceptors (Lipinski definition) is 4. The van der Waals surface area contributed by atoms with Crippen molar-refractivity contribution >= 4 is 17.6 Å². The molecule has 1 heterocycles. The number of ether oxygens (including phenoxy) is 1. The lowest BCUT2D eigenvalue weighted by Gasteiger charge is -2.35.